The second kappa shape index (κ2) is 21.3. The highest BCUT2D eigenvalue weighted by Gasteiger charge is 2.65. The summed E-state index contributed by atoms with van der Waals surface area (Å²) in [6.07, 6.45) is 11.4. The number of benzene rings is 5. The molecule has 1 saturated carbocycles. The molecule has 1 heterocycles. The molecular weight excluding hydrogens is 854 g/mol. The third kappa shape index (κ3) is 10.2. The van der Waals surface area contributed by atoms with Gasteiger partial charge in [-0.05, 0) is 126 Å². The Bertz CT molecular complexity index is 2650. The molecule has 0 radical (unpaired) electrons. The first kappa shape index (κ1) is 46.8. The summed E-state index contributed by atoms with van der Waals surface area (Å²) in [4.78, 5) is 33.2. The Morgan fingerprint density at radius 2 is 1.66 bits per heavy atom. The highest BCUT2D eigenvalue weighted by Crippen LogP contribution is 2.62. The molecule has 0 unspecified atom stereocenters. The molecule has 1 aliphatic heterocycles. The van der Waals surface area contributed by atoms with E-state index >= 15 is 4.79 Å². The number of fused-ring (bicyclic) bond motifs is 3. The molecule has 348 valence electrons. The van der Waals surface area contributed by atoms with Gasteiger partial charge >= 0.3 is 0 Å². The molecule has 67 heavy (non-hydrogen) atoms. The van der Waals surface area contributed by atoms with E-state index in [1.807, 2.05) is 54.6 Å². The van der Waals surface area contributed by atoms with E-state index in [-0.39, 0.29) is 56.2 Å². The van der Waals surface area contributed by atoms with Gasteiger partial charge < -0.3 is 34.2 Å². The number of ether oxygens (including phenoxy) is 3. The van der Waals surface area contributed by atoms with E-state index in [0.717, 1.165) is 47.6 Å². The molecule has 5 aromatic carbocycles. The molecular formula is C54H56FN3O9. The zero-order valence-corrected chi connectivity index (χ0v) is 37.5. The van der Waals surface area contributed by atoms with Crippen LogP contribution in [0.25, 0.3) is 16.8 Å². The summed E-state index contributed by atoms with van der Waals surface area (Å²) in [7, 11) is 1.49. The van der Waals surface area contributed by atoms with Gasteiger partial charge in [0.25, 0.3) is 5.69 Å². The first-order valence-electron chi connectivity index (χ1n) is 22.9. The number of nitro groups is 1. The monoisotopic (exact) mass is 909 g/mol. The zero-order valence-electron chi connectivity index (χ0n) is 37.5. The Balaban J connectivity index is 1.31. The van der Waals surface area contributed by atoms with Crippen LogP contribution in [0.1, 0.15) is 67.6 Å². The lowest BCUT2D eigenvalue weighted by Crippen LogP contribution is -2.70. The Morgan fingerprint density at radius 1 is 0.940 bits per heavy atom. The molecule has 2 aliphatic carbocycles. The van der Waals surface area contributed by atoms with Crippen LogP contribution in [-0.2, 0) is 20.9 Å². The van der Waals surface area contributed by atoms with E-state index in [1.165, 1.54) is 37.5 Å². The predicted octanol–water partition coefficient (Wildman–Crippen LogP) is 10.7. The van der Waals surface area contributed by atoms with Crippen LogP contribution in [0, 0.1) is 33.7 Å². The van der Waals surface area contributed by atoms with Crippen LogP contribution in [0.5, 0.6) is 17.2 Å². The number of carbonyl (C=O) groups is 1. The summed E-state index contributed by atoms with van der Waals surface area (Å²) in [6, 6.07) is 30.9. The van der Waals surface area contributed by atoms with Crippen LogP contribution >= 0.6 is 0 Å². The third-order valence-electron chi connectivity index (χ3n) is 13.3. The van der Waals surface area contributed by atoms with Gasteiger partial charge in [0.05, 0.1) is 23.2 Å². The van der Waals surface area contributed by atoms with Crippen LogP contribution in [0.4, 0.5) is 10.1 Å². The van der Waals surface area contributed by atoms with Crippen molar-refractivity contribution in [1.82, 2.24) is 4.90 Å². The van der Waals surface area contributed by atoms with Gasteiger partial charge in [0, 0.05) is 55.9 Å². The first-order chi connectivity index (χ1) is 32.7. The number of carbonyl (C=O) groups excluding carboxylic acids is 1. The fourth-order valence-corrected chi connectivity index (χ4v) is 10.3. The van der Waals surface area contributed by atoms with Crippen LogP contribution in [0.15, 0.2) is 145 Å². The molecule has 0 spiro atoms. The van der Waals surface area contributed by atoms with Gasteiger partial charge in [0.2, 0.25) is 11.7 Å². The average Bonchev–Trinajstić information content (AvgIpc) is 3.34. The number of amides is 1. The van der Waals surface area contributed by atoms with Gasteiger partial charge in [0.15, 0.2) is 0 Å². The molecule has 13 heteroatoms. The second-order valence-corrected chi connectivity index (χ2v) is 17.3. The number of allylic oxidation sites excluding steroid dienone is 1. The van der Waals surface area contributed by atoms with Gasteiger partial charge in [-0.2, -0.15) is 0 Å². The number of hydrogen-bond acceptors (Lipinski definition) is 10. The Kier molecular flexibility index (Phi) is 14.9. The summed E-state index contributed by atoms with van der Waals surface area (Å²) in [5, 5.41) is 38.2. The summed E-state index contributed by atoms with van der Waals surface area (Å²) >= 11 is 0. The highest BCUT2D eigenvalue weighted by molar-refractivity contribution is 6.03. The maximum Gasteiger partial charge on any atom is 0.269 e. The van der Waals surface area contributed by atoms with E-state index in [4.69, 9.17) is 19.0 Å². The van der Waals surface area contributed by atoms with Crippen LogP contribution in [0.2, 0.25) is 0 Å². The lowest BCUT2D eigenvalue weighted by molar-refractivity contribution is -0.384. The van der Waals surface area contributed by atoms with Crippen molar-refractivity contribution < 1.29 is 43.4 Å². The first-order valence-corrected chi connectivity index (χ1v) is 22.9. The molecule has 5 aromatic rings. The molecule has 3 aliphatic rings. The van der Waals surface area contributed by atoms with Gasteiger partial charge in [-0.15, -0.1) is 6.58 Å². The van der Waals surface area contributed by atoms with Gasteiger partial charge in [-0.3, -0.25) is 14.9 Å². The van der Waals surface area contributed by atoms with Crippen molar-refractivity contribution in [1.29, 1.82) is 0 Å². The molecule has 0 saturated heterocycles. The standard InChI is InChI=1S/C54H56FN3O9/c1-3-30-65-54-50(57(35-37-14-20-41(55)21-15-37)51(61)27-18-36-16-22-42(23-17-36)58(62)63)34-48(56-64-2)46-32-40(12-6-8-28-59)45(13-7-9-29-60)52(53(46)54)47-33-44(25-26-49(47)67-54)66-43-24-19-38-10-4-5-11-39(38)31-43/h3-5,10-11,14-27,31-33,40,45,50,52-53,59-60H,1,6-9,12-13,28-30,34-35H2,2H3/t40-,45+,50-,52+,53+,54+/m0/s1. The summed E-state index contributed by atoms with van der Waals surface area (Å²) < 4.78 is 35.5. The predicted molar refractivity (Wildman–Crippen MR) is 255 cm³/mol. The molecule has 8 rings (SSSR count). The Labute approximate surface area is 389 Å². The van der Waals surface area contributed by atoms with Crippen LogP contribution < -0.4 is 9.47 Å². The molecule has 1 fully saturated rings. The Morgan fingerprint density at radius 3 is 2.37 bits per heavy atom. The third-order valence-corrected chi connectivity index (χ3v) is 13.3. The van der Waals surface area contributed by atoms with Crippen LogP contribution in [0.3, 0.4) is 0 Å². The number of aliphatic hydroxyl groups excluding tert-OH is 2. The fourth-order valence-electron chi connectivity index (χ4n) is 10.3. The molecule has 0 aromatic heterocycles. The number of aliphatic hydroxyl groups is 2. The number of oxime groups is 1. The highest BCUT2D eigenvalue weighted by atomic mass is 19.1. The van der Waals surface area contributed by atoms with E-state index < -0.39 is 34.4 Å². The topological polar surface area (TPSA) is 153 Å². The lowest BCUT2D eigenvalue weighted by atomic mass is 9.55. The van der Waals surface area contributed by atoms with Crippen molar-refractivity contribution in [2.75, 3.05) is 26.9 Å². The van der Waals surface area contributed by atoms with Crippen molar-refractivity contribution in [3.63, 3.8) is 0 Å². The maximum absolute atomic E-state index is 15.0. The van der Waals surface area contributed by atoms with Crippen molar-refractivity contribution in [3.05, 3.63) is 172 Å². The quantitative estimate of drug-likeness (QED) is 0.0255. The van der Waals surface area contributed by atoms with Crippen molar-refractivity contribution in [3.8, 4) is 17.2 Å². The second-order valence-electron chi connectivity index (χ2n) is 17.3. The molecule has 6 atom stereocenters. The number of unbranched alkanes of at least 4 members (excludes halogenated alkanes) is 2. The molecule has 1 amide bonds. The fraction of sp³-hybridized carbons (Fsp3) is 0.333. The number of nitrogens with zero attached hydrogens (tertiary/aromatic N) is 3. The van der Waals surface area contributed by atoms with E-state index in [0.29, 0.717) is 46.9 Å². The van der Waals surface area contributed by atoms with E-state index in [9.17, 15) is 24.7 Å². The number of non-ortho nitro benzene ring substituents is 1. The number of hydrogen-bond donors (Lipinski definition) is 2. The summed E-state index contributed by atoms with van der Waals surface area (Å²) in [5.74, 6) is -1.40. The number of nitro benzene ring substituents is 1. The minimum absolute atomic E-state index is 0.0184. The summed E-state index contributed by atoms with van der Waals surface area (Å²) in [6.45, 7) is 4.24. The van der Waals surface area contributed by atoms with E-state index in [1.54, 1.807) is 41.3 Å². The number of halogens is 1. The smallest absolute Gasteiger partial charge is 0.269 e. The van der Waals surface area contributed by atoms with Crippen molar-refractivity contribution in [2.45, 2.75) is 69.2 Å². The van der Waals surface area contributed by atoms with Crippen LogP contribution in [-0.4, -0.2) is 70.4 Å². The minimum atomic E-state index is -1.55. The maximum atomic E-state index is 15.0. The molecule has 0 bridgehead atoms. The summed E-state index contributed by atoms with van der Waals surface area (Å²) in [5.41, 5.74) is 3.55. The van der Waals surface area contributed by atoms with Crippen molar-refractivity contribution >= 4 is 34.2 Å². The van der Waals surface area contributed by atoms with Gasteiger partial charge in [-0.25, -0.2) is 4.39 Å². The SMILES string of the molecule is C=CCO[C@@]12Oc3ccc(Oc4ccc5ccccc5c4)cc3[C@H]3[C@H](CCCCO)[C@@H](CCCCO)C=C(C(=NOC)C[C@@H]1N(Cc1ccc(F)cc1)C(=O)C=Cc1ccc([N+](=O)[O-])cc1)[C@H]32. The Hall–Kier alpha value is -6.67. The van der Waals surface area contributed by atoms with Gasteiger partial charge in [0.1, 0.15) is 36.2 Å². The van der Waals surface area contributed by atoms with Gasteiger partial charge in [-0.1, -0.05) is 72.6 Å². The average molecular weight is 910 g/mol. The van der Waals surface area contributed by atoms with Crippen molar-refractivity contribution in [2.24, 2.45) is 22.9 Å². The minimum Gasteiger partial charge on any atom is -0.459 e. The molecule has 12 nitrogen and oxygen atoms in total. The zero-order chi connectivity index (χ0) is 46.9. The van der Waals surface area contributed by atoms with E-state index in [2.05, 4.69) is 23.9 Å². The largest absolute Gasteiger partial charge is 0.459 e. The normalized spacial score (nSPS) is 22.4. The molecule has 2 N–H and O–H groups in total. The lowest BCUT2D eigenvalue weighted by Gasteiger charge is -2.60. The number of rotatable bonds is 20.